The summed E-state index contributed by atoms with van der Waals surface area (Å²) >= 11 is 0. The van der Waals surface area contributed by atoms with E-state index >= 15 is 0 Å². The van der Waals surface area contributed by atoms with E-state index in [1.165, 1.54) is 12.1 Å². The van der Waals surface area contributed by atoms with Gasteiger partial charge in [0.25, 0.3) is 0 Å². The number of allylic oxidation sites excluding steroid dienone is 4. The highest BCUT2D eigenvalue weighted by Gasteiger charge is 2.20. The maximum atomic E-state index is 12.3. The Balaban J connectivity index is 2.40. The first-order valence-electron chi connectivity index (χ1n) is 7.57. The molecule has 0 aromatic heterocycles. The zero-order chi connectivity index (χ0) is 16.8. The average molecular weight is 316 g/mol. The normalized spacial score (nSPS) is 22.6. The smallest absolute Gasteiger partial charge is 0.310 e. The number of benzene rings is 1. The molecule has 1 aliphatic heterocycles. The molecule has 2 rings (SSSR count). The molecule has 0 amide bonds. The maximum Gasteiger partial charge on any atom is 0.310 e. The van der Waals surface area contributed by atoms with Crippen LogP contribution in [0, 0.1) is 0 Å². The van der Waals surface area contributed by atoms with Crippen molar-refractivity contribution < 1.29 is 24.5 Å². The standard InChI is InChI=1S/C18H20O5/c1-12-7-5-3-2-4-6-8-15(20)18-13(10-17(22)23-12)9-14(19)11-16(18)21/h2-3,6,8-9,11-12,19,21H,4-5,7,10H2,1H3/b3-2-,8-6+/t12-/m0/s1. The Hall–Kier alpha value is -2.56. The average Bonchev–Trinajstić information content (AvgIpc) is 2.44. The Kier molecular flexibility index (Phi) is 5.57. The van der Waals surface area contributed by atoms with Gasteiger partial charge in [0.2, 0.25) is 0 Å². The zero-order valence-electron chi connectivity index (χ0n) is 13.0. The molecule has 1 aromatic rings. The van der Waals surface area contributed by atoms with Crippen LogP contribution in [0.3, 0.4) is 0 Å². The molecule has 1 atom stereocenters. The number of carbonyl (C=O) groups is 2. The van der Waals surface area contributed by atoms with Gasteiger partial charge in [0.05, 0.1) is 18.1 Å². The van der Waals surface area contributed by atoms with Crippen molar-refractivity contribution in [2.45, 2.75) is 38.7 Å². The van der Waals surface area contributed by atoms with Crippen molar-refractivity contribution in [3.8, 4) is 11.5 Å². The highest BCUT2D eigenvalue weighted by molar-refractivity contribution is 6.08. The van der Waals surface area contributed by atoms with Crippen molar-refractivity contribution in [1.29, 1.82) is 0 Å². The first kappa shape index (κ1) is 16.8. The Labute approximate surface area is 134 Å². The zero-order valence-corrected chi connectivity index (χ0v) is 13.0. The molecule has 2 N–H and O–H groups in total. The Bertz CT molecular complexity index is 658. The molecule has 23 heavy (non-hydrogen) atoms. The highest BCUT2D eigenvalue weighted by Crippen LogP contribution is 2.29. The number of ketones is 1. The molecular weight excluding hydrogens is 296 g/mol. The molecule has 0 unspecified atom stereocenters. The summed E-state index contributed by atoms with van der Waals surface area (Å²) in [7, 11) is 0. The van der Waals surface area contributed by atoms with Crippen LogP contribution in [0.2, 0.25) is 0 Å². The van der Waals surface area contributed by atoms with Crippen LogP contribution in [-0.4, -0.2) is 28.1 Å². The topological polar surface area (TPSA) is 83.8 Å². The van der Waals surface area contributed by atoms with Crippen LogP contribution in [0.5, 0.6) is 11.5 Å². The Morgan fingerprint density at radius 2 is 1.91 bits per heavy atom. The number of phenols is 2. The number of rotatable bonds is 0. The van der Waals surface area contributed by atoms with Gasteiger partial charge in [-0.25, -0.2) is 0 Å². The summed E-state index contributed by atoms with van der Waals surface area (Å²) in [6.07, 6.45) is 8.65. The van der Waals surface area contributed by atoms with E-state index in [-0.39, 0.29) is 35.2 Å². The fraction of sp³-hybridized carbons (Fsp3) is 0.333. The predicted molar refractivity (Wildman–Crippen MR) is 85.5 cm³/mol. The quantitative estimate of drug-likeness (QED) is 0.568. The number of phenolic OH excluding ortho intramolecular Hbond substituents is 2. The van der Waals surface area contributed by atoms with E-state index in [1.54, 1.807) is 6.08 Å². The molecule has 1 aromatic carbocycles. The van der Waals surface area contributed by atoms with Gasteiger partial charge in [-0.3, -0.25) is 9.59 Å². The van der Waals surface area contributed by atoms with Gasteiger partial charge in [0.1, 0.15) is 11.5 Å². The first-order valence-corrected chi connectivity index (χ1v) is 7.57. The number of cyclic esters (lactones) is 1. The molecule has 5 heteroatoms. The maximum absolute atomic E-state index is 12.3. The fourth-order valence-electron chi connectivity index (χ4n) is 2.46. The summed E-state index contributed by atoms with van der Waals surface area (Å²) in [5, 5.41) is 19.6. The van der Waals surface area contributed by atoms with Crippen molar-refractivity contribution in [1.82, 2.24) is 0 Å². The molecule has 0 fully saturated rings. The van der Waals surface area contributed by atoms with Crippen LogP contribution in [-0.2, 0) is 16.0 Å². The van der Waals surface area contributed by atoms with E-state index in [0.717, 1.165) is 12.5 Å². The second-order valence-electron chi connectivity index (χ2n) is 5.53. The van der Waals surface area contributed by atoms with Crippen molar-refractivity contribution >= 4 is 11.8 Å². The first-order chi connectivity index (χ1) is 11.0. The van der Waals surface area contributed by atoms with Gasteiger partial charge in [-0.2, -0.15) is 0 Å². The summed E-state index contributed by atoms with van der Waals surface area (Å²) in [6, 6.07) is 2.39. The lowest BCUT2D eigenvalue weighted by Crippen LogP contribution is -2.17. The van der Waals surface area contributed by atoms with Crippen LogP contribution in [0.15, 0.2) is 36.4 Å². The number of hydrogen-bond acceptors (Lipinski definition) is 5. The molecule has 0 aliphatic carbocycles. The second-order valence-corrected chi connectivity index (χ2v) is 5.53. The summed E-state index contributed by atoms with van der Waals surface area (Å²) in [4.78, 5) is 24.3. The molecule has 0 bridgehead atoms. The number of fused-ring (bicyclic) bond motifs is 1. The number of ether oxygens (including phenoxy) is 1. The van der Waals surface area contributed by atoms with E-state index in [9.17, 15) is 19.8 Å². The lowest BCUT2D eigenvalue weighted by Gasteiger charge is -2.14. The van der Waals surface area contributed by atoms with E-state index in [4.69, 9.17) is 4.74 Å². The summed E-state index contributed by atoms with van der Waals surface area (Å²) in [5.41, 5.74) is 0.270. The van der Waals surface area contributed by atoms with Crippen LogP contribution in [0.4, 0.5) is 0 Å². The summed E-state index contributed by atoms with van der Waals surface area (Å²) < 4.78 is 5.30. The third-order valence-corrected chi connectivity index (χ3v) is 3.55. The largest absolute Gasteiger partial charge is 0.508 e. The van der Waals surface area contributed by atoms with Crippen molar-refractivity contribution in [3.05, 3.63) is 47.6 Å². The van der Waals surface area contributed by atoms with Gasteiger partial charge < -0.3 is 14.9 Å². The third-order valence-electron chi connectivity index (χ3n) is 3.55. The molecule has 0 saturated carbocycles. The monoisotopic (exact) mass is 316 g/mol. The molecule has 0 radical (unpaired) electrons. The Morgan fingerprint density at radius 3 is 2.70 bits per heavy atom. The van der Waals surface area contributed by atoms with Gasteiger partial charge in [0, 0.05) is 6.07 Å². The van der Waals surface area contributed by atoms with E-state index in [2.05, 4.69) is 0 Å². The van der Waals surface area contributed by atoms with Gasteiger partial charge in [0.15, 0.2) is 5.78 Å². The number of esters is 1. The van der Waals surface area contributed by atoms with Crippen molar-refractivity contribution in [2.75, 3.05) is 0 Å². The SMILES string of the molecule is C[C@H]1CC/C=C\C/C=C/C(=O)c2c(O)cc(O)cc2CC(=O)O1. The number of aromatic hydroxyl groups is 2. The van der Waals surface area contributed by atoms with Crippen LogP contribution >= 0.6 is 0 Å². The minimum atomic E-state index is -0.499. The van der Waals surface area contributed by atoms with Crippen LogP contribution in [0.1, 0.15) is 42.1 Å². The van der Waals surface area contributed by atoms with Gasteiger partial charge in [-0.05, 0) is 43.9 Å². The van der Waals surface area contributed by atoms with E-state index in [0.29, 0.717) is 12.8 Å². The van der Waals surface area contributed by atoms with Gasteiger partial charge in [-0.1, -0.05) is 18.2 Å². The summed E-state index contributed by atoms with van der Waals surface area (Å²) in [5.74, 6) is -1.47. The number of hydrogen-bond donors (Lipinski definition) is 2. The molecule has 0 saturated heterocycles. The van der Waals surface area contributed by atoms with E-state index in [1.807, 2.05) is 19.1 Å². The lowest BCUT2D eigenvalue weighted by molar-refractivity contribution is -0.147. The fourth-order valence-corrected chi connectivity index (χ4v) is 2.46. The van der Waals surface area contributed by atoms with Crippen molar-refractivity contribution in [2.24, 2.45) is 0 Å². The van der Waals surface area contributed by atoms with Gasteiger partial charge in [-0.15, -0.1) is 0 Å². The Morgan fingerprint density at radius 1 is 1.13 bits per heavy atom. The lowest BCUT2D eigenvalue weighted by atomic mass is 9.98. The molecule has 0 spiro atoms. The predicted octanol–water partition coefficient (Wildman–Crippen LogP) is 3.05. The third kappa shape index (κ3) is 4.71. The van der Waals surface area contributed by atoms with E-state index < -0.39 is 11.8 Å². The molecule has 1 aliphatic rings. The van der Waals surface area contributed by atoms with Crippen LogP contribution in [0.25, 0.3) is 0 Å². The molecule has 5 nitrogen and oxygen atoms in total. The summed E-state index contributed by atoms with van der Waals surface area (Å²) in [6.45, 7) is 1.81. The van der Waals surface area contributed by atoms with Crippen molar-refractivity contribution in [3.63, 3.8) is 0 Å². The van der Waals surface area contributed by atoms with Crippen LogP contribution < -0.4 is 0 Å². The highest BCUT2D eigenvalue weighted by atomic mass is 16.5. The second kappa shape index (κ2) is 7.63. The van der Waals surface area contributed by atoms with Gasteiger partial charge >= 0.3 is 5.97 Å². The molecule has 122 valence electrons. The minimum Gasteiger partial charge on any atom is -0.508 e. The molecule has 1 heterocycles. The number of carbonyl (C=O) groups excluding carboxylic acids is 2. The molecular formula is C18H20O5. The minimum absolute atomic E-state index is 0.0182.